The molecule has 0 aromatic heterocycles. The third-order valence-electron chi connectivity index (χ3n) is 6.61. The number of hydrogen-bond acceptors (Lipinski definition) is 6. The molecule has 0 amide bonds. The van der Waals surface area contributed by atoms with E-state index in [4.69, 9.17) is 28.3 Å². The van der Waals surface area contributed by atoms with Crippen molar-refractivity contribution in [1.82, 2.24) is 4.31 Å². The average molecular weight is 633 g/mol. The zero-order chi connectivity index (χ0) is 30.4. The van der Waals surface area contributed by atoms with Crippen LogP contribution in [0.1, 0.15) is 34.3 Å². The number of halogens is 3. The number of aliphatic hydroxyl groups excluding tert-OH is 2. The van der Waals surface area contributed by atoms with Crippen molar-refractivity contribution >= 4 is 39.0 Å². The molecule has 0 heterocycles. The van der Waals surface area contributed by atoms with Gasteiger partial charge in [0, 0.05) is 29.6 Å². The van der Waals surface area contributed by atoms with Crippen LogP contribution in [0, 0.1) is 5.82 Å². The molecule has 0 fully saturated rings. The summed E-state index contributed by atoms with van der Waals surface area (Å²) in [7, 11) is -4.49. The standard InChI is InChI=1S/C31H28Cl2FNO6S/c32-24-8-6-22(7-9-24)23-3-1-2-21(14-23)18-35(17-20-4-10-26(34)11-5-20)42(40,41)30-16-25(33)15-28(31(30)39)29(38)13-12-27(37)19-36/h1-11,14-16,27,36-37,39H,12-13,17-19H2. The second-order valence-electron chi connectivity index (χ2n) is 9.71. The Bertz CT molecular complexity index is 1660. The van der Waals surface area contributed by atoms with Crippen LogP contribution >= 0.6 is 23.2 Å². The summed E-state index contributed by atoms with van der Waals surface area (Å²) in [4.78, 5) is 12.3. The molecule has 1 unspecified atom stereocenters. The minimum atomic E-state index is -4.49. The fourth-order valence-electron chi connectivity index (χ4n) is 4.36. The first-order chi connectivity index (χ1) is 20.0. The third kappa shape index (κ3) is 7.74. The van der Waals surface area contributed by atoms with E-state index in [2.05, 4.69) is 0 Å². The van der Waals surface area contributed by atoms with Crippen molar-refractivity contribution in [2.75, 3.05) is 6.61 Å². The van der Waals surface area contributed by atoms with Gasteiger partial charge >= 0.3 is 0 Å². The number of benzene rings is 4. The molecule has 0 saturated heterocycles. The van der Waals surface area contributed by atoms with E-state index in [9.17, 15) is 27.8 Å². The smallest absolute Gasteiger partial charge is 0.247 e. The van der Waals surface area contributed by atoms with E-state index >= 15 is 0 Å². The van der Waals surface area contributed by atoms with Crippen LogP contribution in [0.5, 0.6) is 5.75 Å². The van der Waals surface area contributed by atoms with Crippen LogP contribution in [-0.4, -0.2) is 46.5 Å². The number of phenols is 1. The third-order valence-corrected chi connectivity index (χ3v) is 8.88. The summed E-state index contributed by atoms with van der Waals surface area (Å²) in [6.45, 7) is -0.850. The number of carbonyl (C=O) groups excluding carboxylic acids is 1. The summed E-state index contributed by atoms with van der Waals surface area (Å²) in [5.41, 5.74) is 2.49. The van der Waals surface area contributed by atoms with Crippen molar-refractivity contribution in [3.63, 3.8) is 0 Å². The van der Waals surface area contributed by atoms with Gasteiger partial charge in [0.25, 0.3) is 0 Å². The molecule has 0 saturated carbocycles. The summed E-state index contributed by atoms with van der Waals surface area (Å²) in [5, 5.41) is 30.2. The van der Waals surface area contributed by atoms with Crippen LogP contribution in [-0.2, 0) is 23.1 Å². The molecule has 11 heteroatoms. The molecule has 4 aromatic rings. The number of rotatable bonds is 12. The number of aromatic hydroxyl groups is 1. The van der Waals surface area contributed by atoms with Gasteiger partial charge in [-0.2, -0.15) is 4.31 Å². The van der Waals surface area contributed by atoms with Gasteiger partial charge in [0.05, 0.1) is 18.3 Å². The number of hydrogen-bond donors (Lipinski definition) is 3. The lowest BCUT2D eigenvalue weighted by Gasteiger charge is -2.24. The highest BCUT2D eigenvalue weighted by Gasteiger charge is 2.31. The Labute approximate surface area is 253 Å². The Morgan fingerprint density at radius 3 is 2.19 bits per heavy atom. The molecule has 4 rings (SSSR count). The Hall–Kier alpha value is -3.31. The minimum absolute atomic E-state index is 0.0932. The minimum Gasteiger partial charge on any atom is -0.506 e. The highest BCUT2D eigenvalue weighted by atomic mass is 35.5. The number of ketones is 1. The van der Waals surface area contributed by atoms with E-state index in [0.29, 0.717) is 16.1 Å². The molecule has 220 valence electrons. The highest BCUT2D eigenvalue weighted by Crippen LogP contribution is 2.35. The van der Waals surface area contributed by atoms with Crippen LogP contribution in [0.25, 0.3) is 11.1 Å². The number of carbonyl (C=O) groups is 1. The summed E-state index contributed by atoms with van der Waals surface area (Å²) in [6.07, 6.45) is -1.50. The summed E-state index contributed by atoms with van der Waals surface area (Å²) >= 11 is 12.2. The molecule has 0 spiro atoms. The summed E-state index contributed by atoms with van der Waals surface area (Å²) < 4.78 is 42.9. The lowest BCUT2D eigenvalue weighted by molar-refractivity contribution is 0.0778. The van der Waals surface area contributed by atoms with E-state index in [0.717, 1.165) is 27.6 Å². The van der Waals surface area contributed by atoms with Crippen molar-refractivity contribution in [3.8, 4) is 16.9 Å². The van der Waals surface area contributed by atoms with Crippen LogP contribution < -0.4 is 0 Å². The lowest BCUT2D eigenvalue weighted by Crippen LogP contribution is -2.30. The lowest BCUT2D eigenvalue weighted by atomic mass is 10.0. The van der Waals surface area contributed by atoms with Crippen molar-refractivity contribution in [2.24, 2.45) is 0 Å². The molecule has 1 atom stereocenters. The van der Waals surface area contributed by atoms with Gasteiger partial charge in [-0.05, 0) is 71.1 Å². The molecular formula is C31H28Cl2FNO6S. The van der Waals surface area contributed by atoms with Crippen molar-refractivity contribution in [3.05, 3.63) is 117 Å². The van der Waals surface area contributed by atoms with E-state index in [1.807, 2.05) is 24.3 Å². The quantitative estimate of drug-likeness (QED) is 0.160. The van der Waals surface area contributed by atoms with Crippen molar-refractivity contribution in [2.45, 2.75) is 36.9 Å². The number of sulfonamides is 1. The Balaban J connectivity index is 1.74. The fourth-order valence-corrected chi connectivity index (χ4v) is 6.32. The van der Waals surface area contributed by atoms with E-state index in [1.165, 1.54) is 24.3 Å². The Kier molecular flexibility index (Phi) is 10.4. The number of nitrogens with zero attached hydrogens (tertiary/aromatic N) is 1. The molecule has 3 N–H and O–H groups in total. The second-order valence-corrected chi connectivity index (χ2v) is 12.5. The maximum Gasteiger partial charge on any atom is 0.247 e. The van der Waals surface area contributed by atoms with Crippen LogP contribution in [0.3, 0.4) is 0 Å². The predicted octanol–water partition coefficient (Wildman–Crippen LogP) is 6.21. The highest BCUT2D eigenvalue weighted by molar-refractivity contribution is 7.89. The van der Waals surface area contributed by atoms with Crippen molar-refractivity contribution in [1.29, 1.82) is 0 Å². The topological polar surface area (TPSA) is 115 Å². The van der Waals surface area contributed by atoms with E-state index in [-0.39, 0.29) is 36.5 Å². The second kappa shape index (κ2) is 13.8. The first kappa shape index (κ1) is 31.6. The zero-order valence-electron chi connectivity index (χ0n) is 22.3. The SMILES string of the molecule is O=C(CCC(O)CO)c1cc(Cl)cc(S(=O)(=O)N(Cc2ccc(F)cc2)Cc2cccc(-c3ccc(Cl)cc3)c2)c1O. The molecule has 0 bridgehead atoms. The van der Waals surface area contributed by atoms with Crippen LogP contribution in [0.4, 0.5) is 4.39 Å². The number of aliphatic hydroxyl groups is 2. The Morgan fingerprint density at radius 1 is 0.857 bits per heavy atom. The Morgan fingerprint density at radius 2 is 1.52 bits per heavy atom. The molecular weight excluding hydrogens is 604 g/mol. The monoisotopic (exact) mass is 631 g/mol. The predicted molar refractivity (Wildman–Crippen MR) is 159 cm³/mol. The molecule has 0 radical (unpaired) electrons. The van der Waals surface area contributed by atoms with Crippen LogP contribution in [0.15, 0.2) is 89.8 Å². The number of phenolic OH excluding ortho intramolecular Hbond substituents is 1. The van der Waals surface area contributed by atoms with Crippen molar-refractivity contribution < 1.29 is 32.9 Å². The normalized spacial score (nSPS) is 12.4. The van der Waals surface area contributed by atoms with Gasteiger partial charge in [-0.3, -0.25) is 4.79 Å². The van der Waals surface area contributed by atoms with E-state index in [1.54, 1.807) is 24.3 Å². The van der Waals surface area contributed by atoms with E-state index < -0.39 is 45.0 Å². The van der Waals surface area contributed by atoms with Gasteiger partial charge in [-0.25, -0.2) is 12.8 Å². The molecule has 42 heavy (non-hydrogen) atoms. The van der Waals surface area contributed by atoms with Gasteiger partial charge in [-0.15, -0.1) is 0 Å². The van der Waals surface area contributed by atoms with Gasteiger partial charge in [0.1, 0.15) is 16.5 Å². The van der Waals surface area contributed by atoms with Gasteiger partial charge in [-0.1, -0.05) is 65.7 Å². The maximum atomic E-state index is 14.1. The summed E-state index contributed by atoms with van der Waals surface area (Å²) in [6, 6.07) is 22.0. The first-order valence-electron chi connectivity index (χ1n) is 12.9. The van der Waals surface area contributed by atoms with Gasteiger partial charge < -0.3 is 15.3 Å². The van der Waals surface area contributed by atoms with Crippen LogP contribution in [0.2, 0.25) is 10.0 Å². The number of Topliss-reactive ketones (excluding diaryl/α,β-unsaturated/α-hetero) is 1. The average Bonchev–Trinajstić information content (AvgIpc) is 2.97. The molecule has 0 aliphatic carbocycles. The summed E-state index contributed by atoms with van der Waals surface area (Å²) in [5.74, 6) is -1.91. The fraction of sp³-hybridized carbons (Fsp3) is 0.194. The molecule has 4 aromatic carbocycles. The van der Waals surface area contributed by atoms with Gasteiger partial charge in [0.2, 0.25) is 10.0 Å². The molecule has 0 aliphatic heterocycles. The van der Waals surface area contributed by atoms with Gasteiger partial charge in [0.15, 0.2) is 5.78 Å². The zero-order valence-corrected chi connectivity index (χ0v) is 24.6. The molecule has 0 aliphatic rings. The largest absolute Gasteiger partial charge is 0.506 e. The first-order valence-corrected chi connectivity index (χ1v) is 15.1. The maximum absolute atomic E-state index is 14.1. The molecule has 7 nitrogen and oxygen atoms in total.